The molecule has 4 heteroatoms. The second kappa shape index (κ2) is 5.45. The molecular weight excluding hydrogens is 314 g/mol. The van der Waals surface area contributed by atoms with E-state index < -0.39 is 0 Å². The number of aryl methyl sites for hydroxylation is 1. The Kier molecular flexibility index (Phi) is 4.13. The van der Waals surface area contributed by atoms with Crippen LogP contribution in [0.25, 0.3) is 5.70 Å². The Labute approximate surface area is 121 Å². The van der Waals surface area contributed by atoms with Gasteiger partial charge in [0.15, 0.2) is 0 Å². The van der Waals surface area contributed by atoms with Crippen LogP contribution in [0.4, 0.5) is 0 Å². The van der Waals surface area contributed by atoms with E-state index in [1.165, 1.54) is 0 Å². The minimum absolute atomic E-state index is 0.103. The van der Waals surface area contributed by atoms with Gasteiger partial charge >= 0.3 is 0 Å². The Hall–Kier alpha value is -0.800. The third-order valence-electron chi connectivity index (χ3n) is 3.12. The number of hydrogen-bond acceptors (Lipinski definition) is 1. The molecule has 2 nitrogen and oxygen atoms in total. The molecule has 1 aliphatic heterocycles. The number of rotatable bonds is 2. The molecule has 1 aromatic rings. The third-order valence-corrected chi connectivity index (χ3v) is 4.12. The molecule has 1 amide bonds. The number of benzene rings is 1. The maximum atomic E-state index is 12.1. The molecule has 0 aliphatic carbocycles. The molecular formula is C14H15BrClNO. The molecule has 0 saturated carbocycles. The average molecular weight is 329 g/mol. The molecule has 1 aromatic carbocycles. The van der Waals surface area contributed by atoms with Gasteiger partial charge in [-0.1, -0.05) is 39.7 Å². The van der Waals surface area contributed by atoms with Crippen molar-refractivity contribution in [3.8, 4) is 0 Å². The van der Waals surface area contributed by atoms with Crippen LogP contribution in [0.5, 0.6) is 0 Å². The minimum Gasteiger partial charge on any atom is -0.311 e. The predicted molar refractivity (Wildman–Crippen MR) is 78.9 cm³/mol. The largest absolute Gasteiger partial charge is 0.311 e. The van der Waals surface area contributed by atoms with Gasteiger partial charge in [0, 0.05) is 22.8 Å². The maximum Gasteiger partial charge on any atom is 0.241 e. The topological polar surface area (TPSA) is 20.3 Å². The molecule has 1 heterocycles. The van der Waals surface area contributed by atoms with Crippen molar-refractivity contribution in [2.45, 2.75) is 25.1 Å². The van der Waals surface area contributed by atoms with Crippen LogP contribution in [0.15, 0.2) is 24.3 Å². The smallest absolute Gasteiger partial charge is 0.241 e. The first kappa shape index (κ1) is 13.6. The highest BCUT2D eigenvalue weighted by atomic mass is 79.9. The fourth-order valence-corrected chi connectivity index (χ4v) is 2.87. The van der Waals surface area contributed by atoms with E-state index in [1.54, 1.807) is 0 Å². The normalized spacial score (nSPS) is 20.0. The lowest BCUT2D eigenvalue weighted by atomic mass is 10.0. The van der Waals surface area contributed by atoms with E-state index in [2.05, 4.69) is 22.0 Å². The van der Waals surface area contributed by atoms with Crippen molar-refractivity contribution >= 4 is 39.1 Å². The van der Waals surface area contributed by atoms with Gasteiger partial charge in [0.1, 0.15) is 0 Å². The lowest BCUT2D eigenvalue weighted by Crippen LogP contribution is -2.38. The average Bonchev–Trinajstić information content (AvgIpc) is 2.33. The summed E-state index contributed by atoms with van der Waals surface area (Å²) < 4.78 is 0. The summed E-state index contributed by atoms with van der Waals surface area (Å²) in [6.07, 6.45) is 2.84. The number of allylic oxidation sites excluding steroid dienone is 1. The highest BCUT2D eigenvalue weighted by Gasteiger charge is 2.28. The van der Waals surface area contributed by atoms with E-state index in [1.807, 2.05) is 36.9 Å². The number of carbonyl (C=O) groups is 1. The van der Waals surface area contributed by atoms with E-state index in [4.69, 9.17) is 11.6 Å². The Bertz CT molecular complexity index is 513. The molecule has 0 fully saturated rings. The van der Waals surface area contributed by atoms with E-state index in [0.29, 0.717) is 6.54 Å². The summed E-state index contributed by atoms with van der Waals surface area (Å²) in [6, 6.07) is 5.77. The first-order chi connectivity index (χ1) is 8.54. The monoisotopic (exact) mass is 327 g/mol. The summed E-state index contributed by atoms with van der Waals surface area (Å²) in [5.74, 6) is 0.129. The predicted octanol–water partition coefficient (Wildman–Crippen LogP) is 4.01. The molecule has 96 valence electrons. The van der Waals surface area contributed by atoms with Crippen molar-refractivity contribution in [1.82, 2.24) is 4.90 Å². The summed E-state index contributed by atoms with van der Waals surface area (Å²) in [7, 11) is 0. The Morgan fingerprint density at radius 3 is 2.83 bits per heavy atom. The highest BCUT2D eigenvalue weighted by Crippen LogP contribution is 2.31. The number of alkyl halides is 1. The lowest BCUT2D eigenvalue weighted by molar-refractivity contribution is -0.127. The summed E-state index contributed by atoms with van der Waals surface area (Å²) in [4.78, 5) is 13.8. The molecule has 0 spiro atoms. The SMILES string of the molecule is CCN1C(=O)C(Br)CC=C1c1ccc(Cl)cc1C. The number of halogens is 2. The van der Waals surface area contributed by atoms with Crippen LogP contribution in [0.1, 0.15) is 24.5 Å². The Morgan fingerprint density at radius 1 is 1.50 bits per heavy atom. The van der Waals surface area contributed by atoms with Crippen molar-refractivity contribution < 1.29 is 4.79 Å². The van der Waals surface area contributed by atoms with Gasteiger partial charge in [0.2, 0.25) is 5.91 Å². The van der Waals surface area contributed by atoms with Gasteiger partial charge in [0.25, 0.3) is 0 Å². The van der Waals surface area contributed by atoms with E-state index in [9.17, 15) is 4.79 Å². The van der Waals surface area contributed by atoms with E-state index in [0.717, 1.165) is 28.3 Å². The van der Waals surface area contributed by atoms with Crippen molar-refractivity contribution in [2.75, 3.05) is 6.54 Å². The third kappa shape index (κ3) is 2.47. The molecule has 1 aliphatic rings. The fraction of sp³-hybridized carbons (Fsp3) is 0.357. The second-order valence-corrected chi connectivity index (χ2v) is 5.88. The molecule has 0 bridgehead atoms. The molecule has 0 N–H and O–H groups in total. The zero-order valence-electron chi connectivity index (χ0n) is 10.4. The fourth-order valence-electron chi connectivity index (χ4n) is 2.21. The second-order valence-electron chi connectivity index (χ2n) is 4.33. The Morgan fingerprint density at radius 2 is 2.22 bits per heavy atom. The van der Waals surface area contributed by atoms with Crippen LogP contribution in [0.3, 0.4) is 0 Å². The zero-order valence-corrected chi connectivity index (χ0v) is 12.8. The number of nitrogens with zero attached hydrogens (tertiary/aromatic N) is 1. The van der Waals surface area contributed by atoms with E-state index in [-0.39, 0.29) is 10.7 Å². The zero-order chi connectivity index (χ0) is 13.3. The highest BCUT2D eigenvalue weighted by molar-refractivity contribution is 9.10. The van der Waals surface area contributed by atoms with Gasteiger partial charge < -0.3 is 4.90 Å². The van der Waals surface area contributed by atoms with Crippen LogP contribution in [0, 0.1) is 6.92 Å². The van der Waals surface area contributed by atoms with Gasteiger partial charge in [0.05, 0.1) is 4.83 Å². The number of amides is 1. The summed E-state index contributed by atoms with van der Waals surface area (Å²) in [5.41, 5.74) is 3.16. The summed E-state index contributed by atoms with van der Waals surface area (Å²) >= 11 is 9.38. The van der Waals surface area contributed by atoms with E-state index >= 15 is 0 Å². The summed E-state index contributed by atoms with van der Waals surface area (Å²) in [5, 5.41) is 0.723. The van der Waals surface area contributed by atoms with Gasteiger partial charge in [-0.2, -0.15) is 0 Å². The minimum atomic E-state index is -0.103. The van der Waals surface area contributed by atoms with Gasteiger partial charge in [-0.3, -0.25) is 4.79 Å². The van der Waals surface area contributed by atoms with Gasteiger partial charge in [-0.05, 0) is 38.0 Å². The van der Waals surface area contributed by atoms with Crippen LogP contribution >= 0.6 is 27.5 Å². The van der Waals surface area contributed by atoms with Crippen molar-refractivity contribution in [3.63, 3.8) is 0 Å². The molecule has 2 rings (SSSR count). The van der Waals surface area contributed by atoms with Crippen LogP contribution in [0.2, 0.25) is 5.02 Å². The van der Waals surface area contributed by atoms with Crippen molar-refractivity contribution in [1.29, 1.82) is 0 Å². The quantitative estimate of drug-likeness (QED) is 0.751. The summed E-state index contributed by atoms with van der Waals surface area (Å²) in [6.45, 7) is 4.68. The molecule has 0 aromatic heterocycles. The molecule has 1 atom stereocenters. The lowest BCUT2D eigenvalue weighted by Gasteiger charge is -2.31. The van der Waals surface area contributed by atoms with Gasteiger partial charge in [-0.25, -0.2) is 0 Å². The molecule has 0 saturated heterocycles. The van der Waals surface area contributed by atoms with Crippen LogP contribution < -0.4 is 0 Å². The van der Waals surface area contributed by atoms with Crippen LogP contribution in [-0.4, -0.2) is 22.2 Å². The number of hydrogen-bond donors (Lipinski definition) is 0. The number of carbonyl (C=O) groups excluding carboxylic acids is 1. The molecule has 0 radical (unpaired) electrons. The first-order valence-corrected chi connectivity index (χ1v) is 7.26. The van der Waals surface area contributed by atoms with Crippen molar-refractivity contribution in [3.05, 3.63) is 40.4 Å². The first-order valence-electron chi connectivity index (χ1n) is 5.96. The standard InChI is InChI=1S/C14H15BrClNO/c1-3-17-13(7-6-12(15)14(17)18)11-5-4-10(16)8-9(11)2/h4-5,7-8,12H,3,6H2,1-2H3. The van der Waals surface area contributed by atoms with Gasteiger partial charge in [-0.15, -0.1) is 0 Å². The van der Waals surface area contributed by atoms with Crippen LogP contribution in [-0.2, 0) is 4.79 Å². The molecule has 18 heavy (non-hydrogen) atoms. The Balaban J connectivity index is 2.45. The maximum absolute atomic E-state index is 12.1. The van der Waals surface area contributed by atoms with Crippen molar-refractivity contribution in [2.24, 2.45) is 0 Å². The molecule has 1 unspecified atom stereocenters.